The van der Waals surface area contributed by atoms with Crippen LogP contribution in [0.15, 0.2) is 133 Å². The van der Waals surface area contributed by atoms with Crippen LogP contribution in [-0.2, 0) is 13.1 Å². The van der Waals surface area contributed by atoms with E-state index >= 15 is 0 Å². The first-order valence-corrected chi connectivity index (χ1v) is 17.3. The lowest BCUT2D eigenvalue weighted by Gasteiger charge is -2.04. The molecule has 0 N–H and O–H groups in total. The van der Waals surface area contributed by atoms with E-state index in [-0.39, 0.29) is 0 Å². The number of aryl methyl sites for hydroxylation is 2. The highest BCUT2D eigenvalue weighted by atomic mass is 15.0. The maximum atomic E-state index is 2.40. The number of nitrogens with zero attached hydrogens (tertiary/aromatic N) is 2. The zero-order chi connectivity index (χ0) is 33.0. The van der Waals surface area contributed by atoms with Crippen LogP contribution in [0.2, 0.25) is 0 Å². The molecule has 0 aliphatic carbocycles. The second-order valence-electron chi connectivity index (χ2n) is 12.0. The van der Waals surface area contributed by atoms with E-state index in [2.05, 4.69) is 181 Å². The summed E-state index contributed by atoms with van der Waals surface area (Å²) in [4.78, 5) is 0. The van der Waals surface area contributed by atoms with Gasteiger partial charge in [0.15, 0.2) is 0 Å². The number of hydrogen-bond donors (Lipinski definition) is 0. The van der Waals surface area contributed by atoms with E-state index in [1.165, 1.54) is 77.0 Å². The maximum absolute atomic E-state index is 2.40. The molecule has 0 atom stereocenters. The first-order valence-electron chi connectivity index (χ1n) is 17.3. The summed E-state index contributed by atoms with van der Waals surface area (Å²) in [5, 5.41) is 5.26. The van der Waals surface area contributed by atoms with Crippen LogP contribution in [0, 0.1) is 0 Å². The number of rotatable bonds is 7. The van der Waals surface area contributed by atoms with Crippen LogP contribution in [-0.4, -0.2) is 9.13 Å². The Labute approximate surface area is 283 Å². The van der Waals surface area contributed by atoms with Crippen LogP contribution in [0.25, 0.3) is 79.0 Å². The van der Waals surface area contributed by atoms with E-state index in [9.17, 15) is 0 Å². The van der Waals surface area contributed by atoms with Gasteiger partial charge in [0.05, 0.1) is 0 Å². The van der Waals surface area contributed by atoms with Gasteiger partial charge < -0.3 is 9.13 Å². The van der Waals surface area contributed by atoms with Crippen LogP contribution in [0.1, 0.15) is 49.9 Å². The minimum Gasteiger partial charge on any atom is -0.341 e. The molecular formula is C46H42N2. The third-order valence-electron chi connectivity index (χ3n) is 9.32. The third-order valence-corrected chi connectivity index (χ3v) is 9.32. The van der Waals surface area contributed by atoms with E-state index in [0.717, 1.165) is 13.1 Å². The zero-order valence-electron chi connectivity index (χ0n) is 28.3. The molecule has 0 bridgehead atoms. The topological polar surface area (TPSA) is 9.86 Å². The summed E-state index contributed by atoms with van der Waals surface area (Å²) in [6.45, 7) is 10.4. The van der Waals surface area contributed by atoms with Gasteiger partial charge in [-0.05, 0) is 83.6 Å². The Morgan fingerprint density at radius 3 is 1.10 bits per heavy atom. The van der Waals surface area contributed by atoms with Gasteiger partial charge in [-0.25, -0.2) is 0 Å². The van der Waals surface area contributed by atoms with Gasteiger partial charge in [-0.15, -0.1) is 0 Å². The molecule has 2 aromatic heterocycles. The summed E-state index contributed by atoms with van der Waals surface area (Å²) in [6.07, 6.45) is 8.84. The summed E-state index contributed by atoms with van der Waals surface area (Å²) >= 11 is 0. The molecule has 0 amide bonds. The molecule has 0 aliphatic heterocycles. The van der Waals surface area contributed by atoms with Crippen LogP contribution in [0.4, 0.5) is 0 Å². The fourth-order valence-corrected chi connectivity index (χ4v) is 6.99. The van der Waals surface area contributed by atoms with Crippen LogP contribution in [0.3, 0.4) is 0 Å². The molecule has 0 saturated heterocycles. The third kappa shape index (κ3) is 5.75. The molecule has 8 aromatic rings. The molecule has 0 spiro atoms. The Bertz CT molecular complexity index is 2240. The summed E-state index contributed by atoms with van der Waals surface area (Å²) in [5.41, 5.74) is 12.5. The Balaban J connectivity index is 0.00000179. The summed E-state index contributed by atoms with van der Waals surface area (Å²) in [7, 11) is 0. The van der Waals surface area contributed by atoms with Gasteiger partial charge in [0.1, 0.15) is 0 Å². The second kappa shape index (κ2) is 13.6. The minimum atomic E-state index is 0.966. The fraction of sp³-hybridized carbons (Fsp3) is 0.130. The average Bonchev–Trinajstić information content (AvgIpc) is 3.65. The SMILES string of the molecule is CC.CCn1c2ccccc2c2cc(/C=C/c3ccc(-c4ccc(/C=C/c5ccc6c(c5)c5ccccc5n6CC)cc4)cc3)ccc21. The van der Waals surface area contributed by atoms with Crippen molar-refractivity contribution in [3.05, 3.63) is 156 Å². The van der Waals surface area contributed by atoms with Crippen molar-refractivity contribution < 1.29 is 0 Å². The standard InChI is InChI=1S/C44H36N2.C2H6/c1-3-45-41-11-7-5-9-37(41)39-29-33(21-27-43(39)45)15-13-31-17-23-35(24-18-31)36-25-19-32(20-26-36)14-16-34-22-28-44-40(30-34)38-10-6-8-12-42(38)46(44)4-2;1-2/h5-30H,3-4H2,1-2H3;1-2H3/b15-13+,16-14+;. The van der Waals surface area contributed by atoms with Crippen LogP contribution in [0.5, 0.6) is 0 Å². The predicted octanol–water partition coefficient (Wildman–Crippen LogP) is 13.0. The van der Waals surface area contributed by atoms with Gasteiger partial charge >= 0.3 is 0 Å². The smallest absolute Gasteiger partial charge is 0.0491 e. The van der Waals surface area contributed by atoms with Gasteiger partial charge in [0.2, 0.25) is 0 Å². The normalized spacial score (nSPS) is 11.8. The Kier molecular flexibility index (Phi) is 8.81. The van der Waals surface area contributed by atoms with Crippen molar-refractivity contribution in [3.8, 4) is 11.1 Å². The quantitative estimate of drug-likeness (QED) is 0.157. The molecule has 2 heterocycles. The number of hydrogen-bond acceptors (Lipinski definition) is 0. The monoisotopic (exact) mass is 622 g/mol. The fourth-order valence-electron chi connectivity index (χ4n) is 6.99. The Morgan fingerprint density at radius 2 is 0.708 bits per heavy atom. The van der Waals surface area contributed by atoms with E-state index in [0.29, 0.717) is 0 Å². The highest BCUT2D eigenvalue weighted by Gasteiger charge is 2.10. The largest absolute Gasteiger partial charge is 0.341 e. The van der Waals surface area contributed by atoms with Crippen LogP contribution >= 0.6 is 0 Å². The second-order valence-corrected chi connectivity index (χ2v) is 12.0. The highest BCUT2D eigenvalue weighted by molar-refractivity contribution is 6.09. The van der Waals surface area contributed by atoms with Crippen molar-refractivity contribution in [1.29, 1.82) is 0 Å². The number of aromatic nitrogens is 2. The molecule has 48 heavy (non-hydrogen) atoms. The average molecular weight is 623 g/mol. The van der Waals surface area contributed by atoms with Crippen molar-refractivity contribution in [3.63, 3.8) is 0 Å². The van der Waals surface area contributed by atoms with E-state index in [1.807, 2.05) is 13.8 Å². The van der Waals surface area contributed by atoms with Gasteiger partial charge in [0.25, 0.3) is 0 Å². The Morgan fingerprint density at radius 1 is 0.375 bits per heavy atom. The summed E-state index contributed by atoms with van der Waals surface area (Å²) in [5.74, 6) is 0. The van der Waals surface area contributed by atoms with Gasteiger partial charge in [-0.3, -0.25) is 0 Å². The molecule has 0 saturated carbocycles. The lowest BCUT2D eigenvalue weighted by atomic mass is 10.0. The zero-order valence-corrected chi connectivity index (χ0v) is 28.3. The summed E-state index contributed by atoms with van der Waals surface area (Å²) < 4.78 is 4.79. The molecular weight excluding hydrogens is 581 g/mol. The molecule has 2 nitrogen and oxygen atoms in total. The molecule has 0 unspecified atom stereocenters. The van der Waals surface area contributed by atoms with Crippen molar-refractivity contribution in [2.75, 3.05) is 0 Å². The van der Waals surface area contributed by atoms with Gasteiger partial charge in [0, 0.05) is 56.7 Å². The molecule has 8 rings (SSSR count). The van der Waals surface area contributed by atoms with Crippen molar-refractivity contribution in [2.24, 2.45) is 0 Å². The number of para-hydroxylation sites is 2. The first-order chi connectivity index (χ1) is 23.7. The number of fused-ring (bicyclic) bond motifs is 6. The molecule has 6 aromatic carbocycles. The molecule has 0 aliphatic rings. The Hall–Kier alpha value is -5.60. The van der Waals surface area contributed by atoms with Crippen molar-refractivity contribution >= 4 is 67.9 Å². The predicted molar refractivity (Wildman–Crippen MR) is 211 cm³/mol. The summed E-state index contributed by atoms with van der Waals surface area (Å²) in [6, 6.07) is 48.6. The minimum absolute atomic E-state index is 0.966. The van der Waals surface area contributed by atoms with E-state index in [1.54, 1.807) is 0 Å². The molecule has 0 radical (unpaired) electrons. The highest BCUT2D eigenvalue weighted by Crippen LogP contribution is 2.32. The van der Waals surface area contributed by atoms with Crippen molar-refractivity contribution in [1.82, 2.24) is 9.13 Å². The lowest BCUT2D eigenvalue weighted by Crippen LogP contribution is -1.92. The van der Waals surface area contributed by atoms with Crippen LogP contribution < -0.4 is 0 Å². The molecule has 2 heteroatoms. The lowest BCUT2D eigenvalue weighted by molar-refractivity contribution is 0.827. The van der Waals surface area contributed by atoms with Gasteiger partial charge in [-0.1, -0.05) is 135 Å². The van der Waals surface area contributed by atoms with E-state index in [4.69, 9.17) is 0 Å². The van der Waals surface area contributed by atoms with E-state index < -0.39 is 0 Å². The maximum Gasteiger partial charge on any atom is 0.0491 e. The van der Waals surface area contributed by atoms with Crippen molar-refractivity contribution in [2.45, 2.75) is 40.8 Å². The first kappa shape index (κ1) is 31.0. The van der Waals surface area contributed by atoms with Gasteiger partial charge in [-0.2, -0.15) is 0 Å². The molecule has 0 fully saturated rings. The number of benzene rings is 6. The molecule has 236 valence electrons.